The molecule has 0 heterocycles. The number of hydrogen-bond acceptors (Lipinski definition) is 4. The lowest BCUT2D eigenvalue weighted by Crippen LogP contribution is -2.18. The Bertz CT molecular complexity index is 597. The molecule has 0 atom stereocenters. The molecule has 5 heteroatoms. The fourth-order valence-electron chi connectivity index (χ4n) is 1.80. The van der Waals surface area contributed by atoms with E-state index >= 15 is 0 Å². The molecular formula is C16H18N2O3. The summed E-state index contributed by atoms with van der Waals surface area (Å²) in [5.74, 6) is 0.576. The summed E-state index contributed by atoms with van der Waals surface area (Å²) >= 11 is 0. The molecule has 21 heavy (non-hydrogen) atoms. The van der Waals surface area contributed by atoms with Crippen molar-refractivity contribution in [2.75, 3.05) is 24.8 Å². The fourth-order valence-corrected chi connectivity index (χ4v) is 1.80. The Morgan fingerprint density at radius 1 is 1.19 bits per heavy atom. The summed E-state index contributed by atoms with van der Waals surface area (Å²) in [6.45, 7) is 0.356. The minimum Gasteiger partial charge on any atom is -0.497 e. The number of nitrogen functional groups attached to an aromatic ring is 1. The van der Waals surface area contributed by atoms with Gasteiger partial charge < -0.3 is 20.5 Å². The number of nitrogens with two attached hydrogens (primary N) is 1. The largest absolute Gasteiger partial charge is 0.497 e. The Balaban J connectivity index is 1.76. The standard InChI is InChI=1S/C16H18N2O3/c1-20-15-7-5-12(6-8-15)10-21-11-16(19)18-14-4-2-3-13(17)9-14/h2-9H,10-11,17H2,1H3,(H,18,19). The topological polar surface area (TPSA) is 73.6 Å². The number of methoxy groups -OCH3 is 1. The van der Waals surface area contributed by atoms with E-state index in [1.54, 1.807) is 31.4 Å². The van der Waals surface area contributed by atoms with E-state index in [0.717, 1.165) is 11.3 Å². The highest BCUT2D eigenvalue weighted by Crippen LogP contribution is 2.13. The van der Waals surface area contributed by atoms with Gasteiger partial charge in [0.1, 0.15) is 12.4 Å². The molecule has 0 aliphatic carbocycles. The van der Waals surface area contributed by atoms with Crippen molar-refractivity contribution in [3.8, 4) is 5.75 Å². The van der Waals surface area contributed by atoms with Crippen LogP contribution in [0.15, 0.2) is 48.5 Å². The maximum atomic E-state index is 11.7. The van der Waals surface area contributed by atoms with Crippen LogP contribution in [0.1, 0.15) is 5.56 Å². The zero-order chi connectivity index (χ0) is 15.1. The molecule has 5 nitrogen and oxygen atoms in total. The third kappa shape index (κ3) is 4.81. The smallest absolute Gasteiger partial charge is 0.250 e. The van der Waals surface area contributed by atoms with Crippen LogP contribution in [0.5, 0.6) is 5.75 Å². The summed E-state index contributed by atoms with van der Waals surface area (Å²) in [6, 6.07) is 14.5. The molecule has 1 amide bonds. The van der Waals surface area contributed by atoms with Gasteiger partial charge in [-0.3, -0.25) is 4.79 Å². The van der Waals surface area contributed by atoms with E-state index in [2.05, 4.69) is 5.32 Å². The van der Waals surface area contributed by atoms with Gasteiger partial charge in [-0.2, -0.15) is 0 Å². The van der Waals surface area contributed by atoms with Gasteiger partial charge in [0.05, 0.1) is 13.7 Å². The van der Waals surface area contributed by atoms with E-state index in [0.29, 0.717) is 18.0 Å². The molecule has 0 aromatic heterocycles. The number of carbonyl (C=O) groups is 1. The number of hydrogen-bond donors (Lipinski definition) is 2. The Morgan fingerprint density at radius 2 is 1.95 bits per heavy atom. The second kappa shape index (κ2) is 7.31. The van der Waals surface area contributed by atoms with Gasteiger partial charge >= 0.3 is 0 Å². The van der Waals surface area contributed by atoms with E-state index in [9.17, 15) is 4.79 Å². The first-order valence-corrected chi connectivity index (χ1v) is 6.53. The second-order valence-electron chi connectivity index (χ2n) is 4.51. The van der Waals surface area contributed by atoms with E-state index in [1.165, 1.54) is 0 Å². The number of rotatable bonds is 6. The van der Waals surface area contributed by atoms with Crippen molar-refractivity contribution in [3.63, 3.8) is 0 Å². The van der Waals surface area contributed by atoms with Crippen LogP contribution in [0.4, 0.5) is 11.4 Å². The van der Waals surface area contributed by atoms with E-state index in [4.69, 9.17) is 15.2 Å². The van der Waals surface area contributed by atoms with Crippen LogP contribution in [-0.2, 0) is 16.1 Å². The first-order valence-electron chi connectivity index (χ1n) is 6.53. The zero-order valence-electron chi connectivity index (χ0n) is 11.8. The number of ether oxygens (including phenoxy) is 2. The van der Waals surface area contributed by atoms with Crippen LogP contribution in [-0.4, -0.2) is 19.6 Å². The average molecular weight is 286 g/mol. The van der Waals surface area contributed by atoms with Crippen LogP contribution in [0.3, 0.4) is 0 Å². The van der Waals surface area contributed by atoms with Crippen molar-refractivity contribution in [3.05, 3.63) is 54.1 Å². The van der Waals surface area contributed by atoms with Gasteiger partial charge in [0.25, 0.3) is 0 Å². The zero-order valence-corrected chi connectivity index (χ0v) is 11.8. The number of nitrogens with one attached hydrogen (secondary N) is 1. The molecule has 0 bridgehead atoms. The predicted octanol–water partition coefficient (Wildman–Crippen LogP) is 2.43. The van der Waals surface area contributed by atoms with E-state index in [1.807, 2.05) is 24.3 Å². The van der Waals surface area contributed by atoms with Crippen molar-refractivity contribution < 1.29 is 14.3 Å². The number of carbonyl (C=O) groups excluding carboxylic acids is 1. The summed E-state index contributed by atoms with van der Waals surface area (Å²) in [4.78, 5) is 11.7. The summed E-state index contributed by atoms with van der Waals surface area (Å²) in [5, 5.41) is 2.72. The normalized spacial score (nSPS) is 10.1. The van der Waals surface area contributed by atoms with Crippen molar-refractivity contribution >= 4 is 17.3 Å². The first-order chi connectivity index (χ1) is 10.2. The lowest BCUT2D eigenvalue weighted by Gasteiger charge is -2.07. The lowest BCUT2D eigenvalue weighted by molar-refractivity contribution is -0.121. The monoisotopic (exact) mass is 286 g/mol. The summed E-state index contributed by atoms with van der Waals surface area (Å²) in [6.07, 6.45) is 0. The predicted molar refractivity (Wildman–Crippen MR) is 82.1 cm³/mol. The SMILES string of the molecule is COc1ccc(COCC(=O)Nc2cccc(N)c2)cc1. The molecule has 3 N–H and O–H groups in total. The first kappa shape index (κ1) is 14.9. The van der Waals surface area contributed by atoms with Gasteiger partial charge in [0.2, 0.25) is 5.91 Å². The molecule has 0 spiro atoms. The Kier molecular flexibility index (Phi) is 5.17. The molecule has 0 unspecified atom stereocenters. The quantitative estimate of drug-likeness (QED) is 0.800. The maximum absolute atomic E-state index is 11.7. The number of benzene rings is 2. The highest BCUT2D eigenvalue weighted by molar-refractivity contribution is 5.92. The molecule has 0 fully saturated rings. The van der Waals surface area contributed by atoms with Crippen LogP contribution in [0.25, 0.3) is 0 Å². The van der Waals surface area contributed by atoms with Crippen LogP contribution in [0, 0.1) is 0 Å². The van der Waals surface area contributed by atoms with Gasteiger partial charge in [-0.25, -0.2) is 0 Å². The summed E-state index contributed by atoms with van der Waals surface area (Å²) in [5.41, 5.74) is 7.88. The second-order valence-corrected chi connectivity index (χ2v) is 4.51. The molecule has 0 aliphatic rings. The van der Waals surface area contributed by atoms with Crippen molar-refractivity contribution in [2.24, 2.45) is 0 Å². The van der Waals surface area contributed by atoms with Crippen LogP contribution in [0.2, 0.25) is 0 Å². The highest BCUT2D eigenvalue weighted by Gasteiger charge is 2.03. The molecule has 2 rings (SSSR count). The Hall–Kier alpha value is -2.53. The third-order valence-electron chi connectivity index (χ3n) is 2.83. The third-order valence-corrected chi connectivity index (χ3v) is 2.83. The van der Waals surface area contributed by atoms with Gasteiger partial charge in [0.15, 0.2) is 0 Å². The minimum absolute atomic E-state index is 0.0131. The Morgan fingerprint density at radius 3 is 2.62 bits per heavy atom. The maximum Gasteiger partial charge on any atom is 0.250 e. The van der Waals surface area contributed by atoms with E-state index in [-0.39, 0.29) is 12.5 Å². The molecule has 2 aromatic carbocycles. The summed E-state index contributed by atoms with van der Waals surface area (Å²) < 4.78 is 10.4. The number of amides is 1. The van der Waals surface area contributed by atoms with Gasteiger partial charge in [-0.1, -0.05) is 18.2 Å². The Labute approximate surface area is 123 Å². The van der Waals surface area contributed by atoms with Gasteiger partial charge in [-0.15, -0.1) is 0 Å². The minimum atomic E-state index is -0.214. The lowest BCUT2D eigenvalue weighted by atomic mass is 10.2. The molecular weight excluding hydrogens is 268 g/mol. The van der Waals surface area contributed by atoms with Crippen molar-refractivity contribution in [1.29, 1.82) is 0 Å². The van der Waals surface area contributed by atoms with Gasteiger partial charge in [0, 0.05) is 11.4 Å². The molecule has 0 saturated heterocycles. The van der Waals surface area contributed by atoms with Crippen LogP contribution < -0.4 is 15.8 Å². The number of anilines is 2. The van der Waals surface area contributed by atoms with Crippen molar-refractivity contribution in [1.82, 2.24) is 0 Å². The average Bonchev–Trinajstić information content (AvgIpc) is 2.48. The highest BCUT2D eigenvalue weighted by atomic mass is 16.5. The summed E-state index contributed by atoms with van der Waals surface area (Å²) in [7, 11) is 1.62. The fraction of sp³-hybridized carbons (Fsp3) is 0.188. The van der Waals surface area contributed by atoms with E-state index < -0.39 is 0 Å². The van der Waals surface area contributed by atoms with Gasteiger partial charge in [-0.05, 0) is 35.9 Å². The van der Waals surface area contributed by atoms with Crippen LogP contribution >= 0.6 is 0 Å². The molecule has 0 saturated carbocycles. The van der Waals surface area contributed by atoms with Crippen molar-refractivity contribution in [2.45, 2.75) is 6.61 Å². The molecule has 0 radical (unpaired) electrons. The molecule has 110 valence electrons. The molecule has 0 aliphatic heterocycles. The molecule has 2 aromatic rings.